The summed E-state index contributed by atoms with van der Waals surface area (Å²) in [5, 5.41) is 7.87. The van der Waals surface area contributed by atoms with Gasteiger partial charge in [0.15, 0.2) is 17.3 Å². The average molecular weight is 503 g/mol. The molecule has 3 aromatic carbocycles. The topological polar surface area (TPSA) is 59.6 Å². The van der Waals surface area contributed by atoms with E-state index in [-0.39, 0.29) is 17.2 Å². The van der Waals surface area contributed by atoms with Gasteiger partial charge in [-0.15, -0.1) is 0 Å². The summed E-state index contributed by atoms with van der Waals surface area (Å²) in [7, 11) is 0. The third-order valence-corrected chi connectivity index (χ3v) is 7.03. The monoisotopic (exact) mass is 502 g/mol. The van der Waals surface area contributed by atoms with Gasteiger partial charge >= 0.3 is 0 Å². The van der Waals surface area contributed by atoms with Crippen LogP contribution in [0.4, 0.5) is 11.4 Å². The van der Waals surface area contributed by atoms with Crippen LogP contribution in [0.5, 0.6) is 11.5 Å². The molecule has 0 radical (unpaired) electrons. The van der Waals surface area contributed by atoms with Gasteiger partial charge in [-0.05, 0) is 54.7 Å². The minimum absolute atomic E-state index is 0.0976. The van der Waals surface area contributed by atoms with Gasteiger partial charge in [0.05, 0.1) is 24.0 Å². The molecular formula is C30H31ClN2O3. The second-order valence-electron chi connectivity index (χ2n) is 10.1. The molecule has 0 saturated heterocycles. The van der Waals surface area contributed by atoms with Gasteiger partial charge in [0.2, 0.25) is 0 Å². The highest BCUT2D eigenvalue weighted by Crippen LogP contribution is 2.46. The Bertz CT molecular complexity index is 1330. The first-order chi connectivity index (χ1) is 17.3. The number of halogens is 1. The summed E-state index contributed by atoms with van der Waals surface area (Å²) in [4.78, 5) is 13.5. The second-order valence-corrected chi connectivity index (χ2v) is 10.5. The lowest BCUT2D eigenvalue weighted by Gasteiger charge is -2.34. The molecule has 1 aliphatic heterocycles. The van der Waals surface area contributed by atoms with Crippen LogP contribution in [-0.4, -0.2) is 12.4 Å². The Morgan fingerprint density at radius 2 is 1.69 bits per heavy atom. The van der Waals surface area contributed by atoms with E-state index in [1.165, 1.54) is 0 Å². The Labute approximate surface area is 217 Å². The third-order valence-electron chi connectivity index (χ3n) is 6.66. The first-order valence-electron chi connectivity index (χ1n) is 12.4. The predicted molar refractivity (Wildman–Crippen MR) is 145 cm³/mol. The predicted octanol–water partition coefficient (Wildman–Crippen LogP) is 7.54. The molecule has 1 heterocycles. The quantitative estimate of drug-likeness (QED) is 0.364. The van der Waals surface area contributed by atoms with E-state index in [1.807, 2.05) is 73.7 Å². The summed E-state index contributed by atoms with van der Waals surface area (Å²) in [6.07, 6.45) is 1.32. The molecule has 0 amide bonds. The molecule has 2 N–H and O–H groups in total. The first-order valence-corrected chi connectivity index (χ1v) is 12.7. The fraction of sp³-hybridized carbons (Fsp3) is 0.300. The Morgan fingerprint density at radius 3 is 2.47 bits per heavy atom. The summed E-state index contributed by atoms with van der Waals surface area (Å²) in [6.45, 7) is 7.07. The summed E-state index contributed by atoms with van der Waals surface area (Å²) >= 11 is 6.31. The van der Waals surface area contributed by atoms with Crippen LogP contribution in [0.3, 0.4) is 0 Å². The van der Waals surface area contributed by atoms with Gasteiger partial charge in [-0.3, -0.25) is 4.79 Å². The van der Waals surface area contributed by atoms with Crippen LogP contribution < -0.4 is 20.1 Å². The minimum Gasteiger partial charge on any atom is -0.490 e. The molecule has 36 heavy (non-hydrogen) atoms. The zero-order chi connectivity index (χ0) is 25.3. The maximum Gasteiger partial charge on any atom is 0.163 e. The maximum atomic E-state index is 13.5. The molecule has 0 bridgehead atoms. The Kier molecular flexibility index (Phi) is 6.67. The number of anilines is 2. The van der Waals surface area contributed by atoms with Crippen molar-refractivity contribution < 1.29 is 14.3 Å². The summed E-state index contributed by atoms with van der Waals surface area (Å²) in [5.41, 5.74) is 5.46. The van der Waals surface area contributed by atoms with Gasteiger partial charge in [-0.1, -0.05) is 61.8 Å². The van der Waals surface area contributed by atoms with Crippen LogP contribution in [0, 0.1) is 5.41 Å². The lowest BCUT2D eigenvalue weighted by atomic mass is 9.73. The molecule has 1 atom stereocenters. The SMILES string of the molecule is CCOc1cc([C@H]2Nc3ccccc3NC3=C2C(=O)CC(C)(C)C3)ccc1OCc1ccccc1Cl. The lowest BCUT2D eigenvalue weighted by Crippen LogP contribution is -2.31. The summed E-state index contributed by atoms with van der Waals surface area (Å²) < 4.78 is 12.1. The van der Waals surface area contributed by atoms with Crippen LogP contribution in [0.2, 0.25) is 5.02 Å². The number of hydrogen-bond acceptors (Lipinski definition) is 5. The molecule has 0 spiro atoms. The van der Waals surface area contributed by atoms with Crippen molar-refractivity contribution >= 4 is 28.8 Å². The van der Waals surface area contributed by atoms with Crippen LogP contribution >= 0.6 is 11.6 Å². The van der Waals surface area contributed by atoms with E-state index in [4.69, 9.17) is 21.1 Å². The highest BCUT2D eigenvalue weighted by Gasteiger charge is 2.38. The fourth-order valence-corrected chi connectivity index (χ4v) is 5.19. The van der Waals surface area contributed by atoms with E-state index in [1.54, 1.807) is 0 Å². The Balaban J connectivity index is 1.53. The number of carbonyl (C=O) groups is 1. The number of rotatable bonds is 6. The van der Waals surface area contributed by atoms with Crippen molar-refractivity contribution in [2.75, 3.05) is 17.2 Å². The van der Waals surface area contributed by atoms with Crippen molar-refractivity contribution in [3.63, 3.8) is 0 Å². The number of fused-ring (bicyclic) bond motifs is 1. The maximum absolute atomic E-state index is 13.5. The molecule has 0 unspecified atom stereocenters. The molecule has 0 aromatic heterocycles. The van der Waals surface area contributed by atoms with Crippen molar-refractivity contribution in [3.05, 3.63) is 94.1 Å². The average Bonchev–Trinajstić information content (AvgIpc) is 3.00. The van der Waals surface area contributed by atoms with Gasteiger partial charge in [-0.2, -0.15) is 0 Å². The van der Waals surface area contributed by atoms with E-state index < -0.39 is 0 Å². The molecule has 0 fully saturated rings. The largest absolute Gasteiger partial charge is 0.490 e. The van der Waals surface area contributed by atoms with E-state index >= 15 is 0 Å². The van der Waals surface area contributed by atoms with Gasteiger partial charge in [-0.25, -0.2) is 0 Å². The zero-order valence-electron chi connectivity index (χ0n) is 20.9. The van der Waals surface area contributed by atoms with Crippen LogP contribution in [0.15, 0.2) is 78.0 Å². The molecular weight excluding hydrogens is 472 g/mol. The number of nitrogens with one attached hydrogen (secondary N) is 2. The molecule has 3 aromatic rings. The molecule has 2 aliphatic rings. The standard InChI is InChI=1S/C30H31ClN2O3/c1-4-35-27-15-19(13-14-26(27)36-18-20-9-5-6-10-21(20)31)29-28-24(16-30(2,3)17-25(28)34)32-22-11-7-8-12-23(22)33-29/h5-15,29,32-33H,4,16-18H2,1-3H3/t29-/m1/s1. The van der Waals surface area contributed by atoms with Gasteiger partial charge in [0.1, 0.15) is 6.61 Å². The number of benzene rings is 3. The molecule has 1 aliphatic carbocycles. The Morgan fingerprint density at radius 1 is 0.944 bits per heavy atom. The zero-order valence-corrected chi connectivity index (χ0v) is 21.6. The number of ether oxygens (including phenoxy) is 2. The molecule has 0 saturated carbocycles. The highest BCUT2D eigenvalue weighted by atomic mass is 35.5. The number of hydrogen-bond donors (Lipinski definition) is 2. The summed E-state index contributed by atoms with van der Waals surface area (Å²) in [5.74, 6) is 1.44. The number of allylic oxidation sites excluding steroid dienone is 1. The minimum atomic E-state index is -0.309. The molecule has 5 nitrogen and oxygen atoms in total. The smallest absolute Gasteiger partial charge is 0.163 e. The lowest BCUT2D eigenvalue weighted by molar-refractivity contribution is -0.118. The highest BCUT2D eigenvalue weighted by molar-refractivity contribution is 6.31. The normalized spacial score (nSPS) is 18.3. The van der Waals surface area contributed by atoms with Crippen molar-refractivity contribution in [3.8, 4) is 11.5 Å². The van der Waals surface area contributed by atoms with Crippen molar-refractivity contribution in [1.29, 1.82) is 0 Å². The van der Waals surface area contributed by atoms with Gasteiger partial charge in [0.25, 0.3) is 0 Å². The van der Waals surface area contributed by atoms with Crippen molar-refractivity contribution in [1.82, 2.24) is 0 Å². The van der Waals surface area contributed by atoms with E-state index in [2.05, 4.69) is 24.5 Å². The van der Waals surface area contributed by atoms with Crippen molar-refractivity contribution in [2.24, 2.45) is 5.41 Å². The van der Waals surface area contributed by atoms with Crippen molar-refractivity contribution in [2.45, 2.75) is 46.3 Å². The van der Waals surface area contributed by atoms with Gasteiger partial charge in [0, 0.05) is 28.3 Å². The molecule has 5 rings (SSSR count). The first kappa shape index (κ1) is 24.3. The van der Waals surface area contributed by atoms with Gasteiger partial charge < -0.3 is 20.1 Å². The molecule has 6 heteroatoms. The van der Waals surface area contributed by atoms with E-state index in [0.29, 0.717) is 36.2 Å². The van der Waals surface area contributed by atoms with Crippen LogP contribution in [0.25, 0.3) is 0 Å². The van der Waals surface area contributed by atoms with E-state index in [0.717, 1.165) is 40.2 Å². The number of para-hydroxylation sites is 2. The number of Topliss-reactive ketones (excluding diaryl/α,β-unsaturated/α-hetero) is 1. The third kappa shape index (κ3) is 4.93. The van der Waals surface area contributed by atoms with Crippen LogP contribution in [-0.2, 0) is 11.4 Å². The Hall–Kier alpha value is -3.44. The number of ketones is 1. The second kappa shape index (κ2) is 9.90. The molecule has 186 valence electrons. The summed E-state index contributed by atoms with van der Waals surface area (Å²) in [6, 6.07) is 21.3. The van der Waals surface area contributed by atoms with Crippen LogP contribution in [0.1, 0.15) is 50.8 Å². The van der Waals surface area contributed by atoms with E-state index in [9.17, 15) is 4.79 Å². The fourth-order valence-electron chi connectivity index (χ4n) is 5.00. The number of carbonyl (C=O) groups excluding carboxylic acids is 1.